The van der Waals surface area contributed by atoms with E-state index in [1.165, 1.54) is 23.8 Å². The average Bonchev–Trinajstić information content (AvgIpc) is 2.97. The van der Waals surface area contributed by atoms with Crippen LogP contribution in [0.1, 0.15) is 12.0 Å². The van der Waals surface area contributed by atoms with Crippen molar-refractivity contribution in [2.75, 3.05) is 27.5 Å². The SMILES string of the molecule is COC(=O)C1CC(C=[N+](C)C)=C(SC)N1C(=O)OCc1ccccc1. The van der Waals surface area contributed by atoms with Gasteiger partial charge in [0.05, 0.1) is 12.1 Å². The molecule has 1 aliphatic rings. The monoisotopic (exact) mass is 363 g/mol. The fourth-order valence-corrected chi connectivity index (χ4v) is 3.45. The van der Waals surface area contributed by atoms with Crippen LogP contribution in [0, 0.1) is 0 Å². The Morgan fingerprint density at radius 1 is 1.32 bits per heavy atom. The van der Waals surface area contributed by atoms with Crippen molar-refractivity contribution >= 4 is 30.0 Å². The minimum absolute atomic E-state index is 0.151. The third kappa shape index (κ3) is 4.63. The van der Waals surface area contributed by atoms with E-state index in [1.807, 2.05) is 61.5 Å². The maximum Gasteiger partial charge on any atom is 0.415 e. The number of thioether (sulfide) groups is 1. The van der Waals surface area contributed by atoms with Gasteiger partial charge in [0.1, 0.15) is 26.7 Å². The molecule has 0 fully saturated rings. The molecule has 0 radical (unpaired) electrons. The maximum atomic E-state index is 12.7. The molecule has 1 atom stereocenters. The summed E-state index contributed by atoms with van der Waals surface area (Å²) in [5.74, 6) is -0.453. The zero-order chi connectivity index (χ0) is 18.4. The molecule has 0 saturated carbocycles. The highest BCUT2D eigenvalue weighted by atomic mass is 32.2. The van der Waals surface area contributed by atoms with E-state index in [-0.39, 0.29) is 6.61 Å². The van der Waals surface area contributed by atoms with Crippen LogP contribution in [-0.2, 0) is 20.9 Å². The van der Waals surface area contributed by atoms with Crippen molar-refractivity contribution in [3.8, 4) is 0 Å². The summed E-state index contributed by atoms with van der Waals surface area (Å²) in [5.41, 5.74) is 1.80. The highest BCUT2D eigenvalue weighted by Crippen LogP contribution is 2.35. The summed E-state index contributed by atoms with van der Waals surface area (Å²) in [5, 5.41) is 0.710. The molecule has 7 heteroatoms. The predicted octanol–water partition coefficient (Wildman–Crippen LogP) is 2.49. The summed E-state index contributed by atoms with van der Waals surface area (Å²) in [6.45, 7) is 0.151. The Morgan fingerprint density at radius 3 is 2.56 bits per heavy atom. The van der Waals surface area contributed by atoms with E-state index in [1.54, 1.807) is 0 Å². The van der Waals surface area contributed by atoms with Crippen LogP contribution >= 0.6 is 11.8 Å². The van der Waals surface area contributed by atoms with Gasteiger partial charge in [-0.3, -0.25) is 4.90 Å². The van der Waals surface area contributed by atoms with E-state index in [0.29, 0.717) is 11.4 Å². The highest BCUT2D eigenvalue weighted by Gasteiger charge is 2.42. The number of nitrogens with zero attached hydrogens (tertiary/aromatic N) is 2. The van der Waals surface area contributed by atoms with Crippen LogP contribution < -0.4 is 0 Å². The third-order valence-electron chi connectivity index (χ3n) is 3.70. The maximum absolute atomic E-state index is 12.7. The molecule has 2 rings (SSSR count). The topological polar surface area (TPSA) is 58.9 Å². The molecule has 0 spiro atoms. The number of carbonyl (C=O) groups is 2. The standard InChI is InChI=1S/C18H23N2O4S/c1-19(2)11-14-10-15(17(21)23-3)20(16(14)25-4)18(22)24-12-13-8-6-5-7-9-13/h5-9,11,15H,10,12H2,1-4H3/q+1. The molecule has 25 heavy (non-hydrogen) atoms. The van der Waals surface area contributed by atoms with Gasteiger partial charge in [0.2, 0.25) is 0 Å². The lowest BCUT2D eigenvalue weighted by atomic mass is 10.1. The molecule has 0 bridgehead atoms. The summed E-state index contributed by atoms with van der Waals surface area (Å²) >= 11 is 1.41. The number of benzene rings is 1. The molecule has 0 saturated heterocycles. The van der Waals surface area contributed by atoms with Gasteiger partial charge in [0.15, 0.2) is 6.21 Å². The fourth-order valence-electron chi connectivity index (χ4n) is 2.66. The Hall–Kier alpha value is -2.28. The molecule has 0 aliphatic carbocycles. The Morgan fingerprint density at radius 2 is 2.00 bits per heavy atom. The van der Waals surface area contributed by atoms with Crippen LogP contribution in [0.4, 0.5) is 4.79 Å². The lowest BCUT2D eigenvalue weighted by Gasteiger charge is -2.24. The summed E-state index contributed by atoms with van der Waals surface area (Å²) in [6, 6.07) is 8.72. The lowest BCUT2D eigenvalue weighted by Crippen LogP contribution is -2.41. The number of carbonyl (C=O) groups excluding carboxylic acids is 2. The van der Waals surface area contributed by atoms with Crippen LogP contribution in [-0.4, -0.2) is 61.3 Å². The number of hydrogen-bond donors (Lipinski definition) is 0. The van der Waals surface area contributed by atoms with Crippen molar-refractivity contribution in [3.05, 3.63) is 46.5 Å². The number of amides is 1. The van der Waals surface area contributed by atoms with Crippen LogP contribution in [0.2, 0.25) is 0 Å². The van der Waals surface area contributed by atoms with Crippen LogP contribution in [0.15, 0.2) is 40.9 Å². The molecule has 1 heterocycles. The van der Waals surface area contributed by atoms with Gasteiger partial charge < -0.3 is 9.47 Å². The van der Waals surface area contributed by atoms with E-state index < -0.39 is 18.1 Å². The second-order valence-electron chi connectivity index (χ2n) is 5.78. The molecule has 0 aromatic heterocycles. The largest absolute Gasteiger partial charge is 0.467 e. The van der Waals surface area contributed by atoms with Gasteiger partial charge in [0, 0.05) is 12.0 Å². The number of hydrogen-bond acceptors (Lipinski definition) is 5. The Labute approximate surface area is 152 Å². The van der Waals surface area contributed by atoms with E-state index in [2.05, 4.69) is 0 Å². The minimum atomic E-state index is -0.707. The highest BCUT2D eigenvalue weighted by molar-refractivity contribution is 8.02. The van der Waals surface area contributed by atoms with Crippen molar-refractivity contribution in [1.29, 1.82) is 0 Å². The summed E-state index contributed by atoms with van der Waals surface area (Å²) in [6.07, 6.45) is 3.63. The molecule has 6 nitrogen and oxygen atoms in total. The predicted molar refractivity (Wildman–Crippen MR) is 97.6 cm³/mol. The third-order valence-corrected chi connectivity index (χ3v) is 4.55. The van der Waals surface area contributed by atoms with Crippen LogP contribution in [0.25, 0.3) is 0 Å². The first kappa shape index (κ1) is 19.1. The molecule has 1 aromatic rings. The van der Waals surface area contributed by atoms with Crippen molar-refractivity contribution < 1.29 is 23.6 Å². The van der Waals surface area contributed by atoms with E-state index in [9.17, 15) is 9.59 Å². The molecule has 1 aliphatic heterocycles. The number of esters is 1. The minimum Gasteiger partial charge on any atom is -0.467 e. The molecule has 1 unspecified atom stereocenters. The Balaban J connectivity index is 2.24. The molecular weight excluding hydrogens is 340 g/mol. The van der Waals surface area contributed by atoms with Crippen molar-refractivity contribution in [2.24, 2.45) is 0 Å². The quantitative estimate of drug-likeness (QED) is 0.457. The van der Waals surface area contributed by atoms with Crippen molar-refractivity contribution in [3.63, 3.8) is 0 Å². The van der Waals surface area contributed by atoms with Crippen molar-refractivity contribution in [2.45, 2.75) is 19.1 Å². The van der Waals surface area contributed by atoms with E-state index in [4.69, 9.17) is 9.47 Å². The first-order valence-electron chi connectivity index (χ1n) is 7.84. The van der Waals surface area contributed by atoms with Crippen LogP contribution in [0.3, 0.4) is 0 Å². The number of methoxy groups -OCH3 is 1. The van der Waals surface area contributed by atoms with E-state index >= 15 is 0 Å². The first-order valence-corrected chi connectivity index (χ1v) is 9.06. The van der Waals surface area contributed by atoms with Gasteiger partial charge in [-0.15, -0.1) is 11.8 Å². The van der Waals surface area contributed by atoms with Gasteiger partial charge in [-0.05, 0) is 11.8 Å². The average molecular weight is 363 g/mol. The van der Waals surface area contributed by atoms with Gasteiger partial charge >= 0.3 is 12.1 Å². The molecular formula is C18H23N2O4S+. The zero-order valence-corrected chi connectivity index (χ0v) is 15.7. The zero-order valence-electron chi connectivity index (χ0n) is 14.9. The van der Waals surface area contributed by atoms with E-state index in [0.717, 1.165) is 11.1 Å². The van der Waals surface area contributed by atoms with Crippen molar-refractivity contribution in [1.82, 2.24) is 4.90 Å². The summed E-state index contributed by atoms with van der Waals surface area (Å²) in [4.78, 5) is 26.2. The Bertz CT molecular complexity index is 696. The Kier molecular flexibility index (Phi) is 6.64. The first-order chi connectivity index (χ1) is 12.0. The van der Waals surface area contributed by atoms with Crippen LogP contribution in [0.5, 0.6) is 0 Å². The lowest BCUT2D eigenvalue weighted by molar-refractivity contribution is -0.459. The number of rotatable bonds is 5. The smallest absolute Gasteiger partial charge is 0.415 e. The second-order valence-corrected chi connectivity index (χ2v) is 6.58. The summed E-state index contributed by atoms with van der Waals surface area (Å²) in [7, 11) is 5.12. The normalized spacial score (nSPS) is 16.6. The van der Waals surface area contributed by atoms with Gasteiger partial charge in [-0.25, -0.2) is 14.2 Å². The molecule has 1 amide bonds. The molecule has 1 aromatic carbocycles. The fraction of sp³-hybridized carbons (Fsp3) is 0.389. The molecule has 134 valence electrons. The van der Waals surface area contributed by atoms with Gasteiger partial charge in [0.25, 0.3) is 0 Å². The second kappa shape index (κ2) is 8.71. The van der Waals surface area contributed by atoms with Gasteiger partial charge in [-0.2, -0.15) is 0 Å². The number of ether oxygens (including phenoxy) is 2. The summed E-state index contributed by atoms with van der Waals surface area (Å²) < 4.78 is 12.2. The van der Waals surface area contributed by atoms with Gasteiger partial charge in [-0.1, -0.05) is 30.3 Å². The molecule has 0 N–H and O–H groups in total.